The highest BCUT2D eigenvalue weighted by Crippen LogP contribution is 2.69. The molecule has 2 rings (SSSR count). The molecule has 0 heterocycles. The molecule has 1 atom stereocenters. The summed E-state index contributed by atoms with van der Waals surface area (Å²) < 4.78 is 26.5. The van der Waals surface area contributed by atoms with Gasteiger partial charge in [-0.15, -0.1) is 0 Å². The van der Waals surface area contributed by atoms with E-state index < -0.39 is 11.6 Å². The fourth-order valence-electron chi connectivity index (χ4n) is 3.62. The molecular weight excluding hydrogens is 244 g/mol. The van der Waals surface area contributed by atoms with Crippen molar-refractivity contribution in [1.29, 1.82) is 0 Å². The molecule has 1 aromatic carbocycles. The standard InChI is InChI=1S/C16H23F2N/c1-15(2)14(16(15,3)4)13(19-5)8-10-6-11(17)9-12(18)7-10/h6-7,9,13-14,19H,8H2,1-5H3. The summed E-state index contributed by atoms with van der Waals surface area (Å²) in [5.74, 6) is -0.491. The van der Waals surface area contributed by atoms with Gasteiger partial charge in [-0.3, -0.25) is 0 Å². The van der Waals surface area contributed by atoms with Crippen LogP contribution in [0, 0.1) is 28.4 Å². The highest BCUT2D eigenvalue weighted by atomic mass is 19.1. The van der Waals surface area contributed by atoms with Crippen molar-refractivity contribution in [3.63, 3.8) is 0 Å². The van der Waals surface area contributed by atoms with E-state index in [0.29, 0.717) is 12.3 Å². The lowest BCUT2D eigenvalue weighted by Gasteiger charge is -2.19. The molecule has 0 aromatic heterocycles. The van der Waals surface area contributed by atoms with Crippen LogP contribution in [-0.4, -0.2) is 13.1 Å². The molecule has 1 N–H and O–H groups in total. The van der Waals surface area contributed by atoms with Gasteiger partial charge in [0.1, 0.15) is 11.6 Å². The first kappa shape index (κ1) is 14.4. The van der Waals surface area contributed by atoms with E-state index in [0.717, 1.165) is 11.6 Å². The van der Waals surface area contributed by atoms with Crippen molar-refractivity contribution < 1.29 is 8.78 Å². The zero-order valence-corrected chi connectivity index (χ0v) is 12.3. The van der Waals surface area contributed by atoms with E-state index >= 15 is 0 Å². The third kappa shape index (κ3) is 2.40. The smallest absolute Gasteiger partial charge is 0.126 e. The van der Waals surface area contributed by atoms with Crippen LogP contribution in [0.15, 0.2) is 18.2 Å². The van der Waals surface area contributed by atoms with Crippen molar-refractivity contribution in [1.82, 2.24) is 5.32 Å². The fourth-order valence-corrected chi connectivity index (χ4v) is 3.62. The Morgan fingerprint density at radius 2 is 1.53 bits per heavy atom. The third-order valence-electron chi connectivity index (χ3n) is 5.28. The normalized spacial score (nSPS) is 22.3. The first-order valence-electron chi connectivity index (χ1n) is 6.82. The van der Waals surface area contributed by atoms with E-state index in [1.807, 2.05) is 7.05 Å². The van der Waals surface area contributed by atoms with Gasteiger partial charge >= 0.3 is 0 Å². The number of nitrogens with one attached hydrogen (secondary N) is 1. The lowest BCUT2D eigenvalue weighted by Crippen LogP contribution is -2.32. The summed E-state index contributed by atoms with van der Waals surface area (Å²) in [5.41, 5.74) is 1.23. The van der Waals surface area contributed by atoms with Crippen molar-refractivity contribution in [2.75, 3.05) is 7.05 Å². The van der Waals surface area contributed by atoms with Crippen LogP contribution in [0.25, 0.3) is 0 Å². The highest BCUT2D eigenvalue weighted by molar-refractivity contribution is 5.23. The van der Waals surface area contributed by atoms with Gasteiger partial charge in [0, 0.05) is 12.1 Å². The lowest BCUT2D eigenvalue weighted by atomic mass is 9.97. The van der Waals surface area contributed by atoms with Gasteiger partial charge in [0.25, 0.3) is 0 Å². The number of likely N-dealkylation sites (N-methyl/N-ethyl adjacent to an activating group) is 1. The Bertz CT molecular complexity index is 445. The summed E-state index contributed by atoms with van der Waals surface area (Å²) in [5, 5.41) is 3.32. The highest BCUT2D eigenvalue weighted by Gasteiger charge is 2.66. The van der Waals surface area contributed by atoms with Gasteiger partial charge in [-0.25, -0.2) is 8.78 Å². The van der Waals surface area contributed by atoms with Crippen molar-refractivity contribution in [3.8, 4) is 0 Å². The van der Waals surface area contributed by atoms with Crippen LogP contribution in [0.5, 0.6) is 0 Å². The van der Waals surface area contributed by atoms with E-state index in [1.54, 1.807) is 0 Å². The molecule has 1 aliphatic rings. The average Bonchev–Trinajstić information content (AvgIpc) is 2.65. The summed E-state index contributed by atoms with van der Waals surface area (Å²) in [6.07, 6.45) is 0.655. The quantitative estimate of drug-likeness (QED) is 0.875. The van der Waals surface area contributed by atoms with Crippen LogP contribution in [0.3, 0.4) is 0 Å². The molecule has 3 heteroatoms. The van der Waals surface area contributed by atoms with Crippen LogP contribution in [0.4, 0.5) is 8.78 Å². The van der Waals surface area contributed by atoms with Crippen molar-refractivity contribution in [2.24, 2.45) is 16.7 Å². The zero-order chi connectivity index (χ0) is 14.4. The third-order valence-corrected chi connectivity index (χ3v) is 5.28. The fraction of sp³-hybridized carbons (Fsp3) is 0.625. The van der Waals surface area contributed by atoms with Crippen LogP contribution >= 0.6 is 0 Å². The van der Waals surface area contributed by atoms with Crippen LogP contribution in [0.1, 0.15) is 33.3 Å². The average molecular weight is 267 g/mol. The molecule has 0 bridgehead atoms. The Morgan fingerprint density at radius 1 is 1.05 bits per heavy atom. The van der Waals surface area contributed by atoms with Crippen molar-refractivity contribution in [3.05, 3.63) is 35.4 Å². The molecule has 0 amide bonds. The number of benzene rings is 1. The molecule has 1 fully saturated rings. The molecule has 1 unspecified atom stereocenters. The van der Waals surface area contributed by atoms with Gasteiger partial charge in [-0.05, 0) is 47.9 Å². The molecule has 0 spiro atoms. The lowest BCUT2D eigenvalue weighted by molar-refractivity contribution is 0.419. The SMILES string of the molecule is CNC(Cc1cc(F)cc(F)c1)C1C(C)(C)C1(C)C. The summed E-state index contributed by atoms with van der Waals surface area (Å²) in [4.78, 5) is 0. The molecule has 0 radical (unpaired) electrons. The maximum atomic E-state index is 13.2. The van der Waals surface area contributed by atoms with Crippen molar-refractivity contribution in [2.45, 2.75) is 40.2 Å². The number of hydrogen-bond acceptors (Lipinski definition) is 1. The van der Waals surface area contributed by atoms with Gasteiger partial charge in [-0.2, -0.15) is 0 Å². The minimum absolute atomic E-state index is 0.242. The Kier molecular flexibility index (Phi) is 3.46. The summed E-state index contributed by atoms with van der Waals surface area (Å²) in [6, 6.07) is 4.01. The molecule has 19 heavy (non-hydrogen) atoms. The van der Waals surface area contributed by atoms with E-state index in [1.165, 1.54) is 12.1 Å². The largest absolute Gasteiger partial charge is 0.316 e. The minimum atomic E-state index is -0.501. The van der Waals surface area contributed by atoms with Gasteiger partial charge in [0.15, 0.2) is 0 Å². The Balaban J connectivity index is 2.17. The number of hydrogen-bond donors (Lipinski definition) is 1. The molecular formula is C16H23F2N. The predicted octanol–water partition coefficient (Wildman–Crippen LogP) is 3.78. The minimum Gasteiger partial charge on any atom is -0.316 e. The van der Waals surface area contributed by atoms with Crippen LogP contribution in [-0.2, 0) is 6.42 Å². The molecule has 1 saturated carbocycles. The van der Waals surface area contributed by atoms with Crippen LogP contribution in [0.2, 0.25) is 0 Å². The molecule has 106 valence electrons. The van der Waals surface area contributed by atoms with Gasteiger partial charge in [-0.1, -0.05) is 27.7 Å². The van der Waals surface area contributed by atoms with Crippen molar-refractivity contribution >= 4 is 0 Å². The zero-order valence-electron chi connectivity index (χ0n) is 12.3. The predicted molar refractivity (Wildman–Crippen MR) is 74.0 cm³/mol. The summed E-state index contributed by atoms with van der Waals surface area (Å²) in [6.45, 7) is 9.03. The Morgan fingerprint density at radius 3 is 1.89 bits per heavy atom. The molecule has 1 aromatic rings. The van der Waals surface area contributed by atoms with Gasteiger partial charge in [0.2, 0.25) is 0 Å². The van der Waals surface area contributed by atoms with E-state index in [4.69, 9.17) is 0 Å². The second-order valence-corrected chi connectivity index (χ2v) is 6.80. The number of halogens is 2. The molecule has 1 aliphatic carbocycles. The maximum absolute atomic E-state index is 13.2. The molecule has 0 saturated heterocycles. The van der Waals surface area contributed by atoms with E-state index in [2.05, 4.69) is 33.0 Å². The Hall–Kier alpha value is -0.960. The van der Waals surface area contributed by atoms with E-state index in [-0.39, 0.29) is 16.9 Å². The monoisotopic (exact) mass is 267 g/mol. The first-order chi connectivity index (χ1) is 8.70. The summed E-state index contributed by atoms with van der Waals surface area (Å²) in [7, 11) is 1.92. The van der Waals surface area contributed by atoms with Gasteiger partial charge < -0.3 is 5.32 Å². The second kappa shape index (κ2) is 4.55. The summed E-state index contributed by atoms with van der Waals surface area (Å²) >= 11 is 0. The first-order valence-corrected chi connectivity index (χ1v) is 6.82. The van der Waals surface area contributed by atoms with Crippen LogP contribution < -0.4 is 5.32 Å². The molecule has 0 aliphatic heterocycles. The number of rotatable bonds is 4. The second-order valence-electron chi connectivity index (χ2n) is 6.80. The molecule has 1 nitrogen and oxygen atoms in total. The Labute approximate surface area is 114 Å². The van der Waals surface area contributed by atoms with Gasteiger partial charge in [0.05, 0.1) is 0 Å². The topological polar surface area (TPSA) is 12.0 Å². The maximum Gasteiger partial charge on any atom is 0.126 e. The van der Waals surface area contributed by atoms with E-state index in [9.17, 15) is 8.78 Å².